The molecule has 2 saturated heterocycles. The van der Waals surface area contributed by atoms with E-state index in [1.54, 1.807) is 17.5 Å². The number of benzene rings is 1. The molecule has 4 heterocycles. The summed E-state index contributed by atoms with van der Waals surface area (Å²) in [5.74, 6) is 0.0631. The predicted molar refractivity (Wildman–Crippen MR) is 126 cm³/mol. The average Bonchev–Trinajstić information content (AvgIpc) is 3.43. The molecule has 8 heteroatoms. The molecule has 5 rings (SSSR count). The van der Waals surface area contributed by atoms with Gasteiger partial charge in [0.15, 0.2) is 5.01 Å². The molecule has 3 aromatic rings. The maximum Gasteiger partial charge on any atom is 0.282 e. The van der Waals surface area contributed by atoms with Gasteiger partial charge in [-0.1, -0.05) is 36.9 Å². The molecule has 0 spiro atoms. The number of rotatable bonds is 5. The fourth-order valence-corrected chi connectivity index (χ4v) is 5.85. The number of carbonyl (C=O) groups excluding carboxylic acids is 1. The maximum absolute atomic E-state index is 12.5. The molecule has 0 bridgehead atoms. The minimum atomic E-state index is 0.0631. The first-order valence-electron chi connectivity index (χ1n) is 10.5. The number of likely N-dealkylation sites (tertiary alicyclic amines) is 1. The van der Waals surface area contributed by atoms with E-state index in [0.29, 0.717) is 11.0 Å². The lowest BCUT2D eigenvalue weighted by Crippen LogP contribution is -2.62. The van der Waals surface area contributed by atoms with Crippen LogP contribution in [0.15, 0.2) is 48.5 Å². The highest BCUT2D eigenvalue weighted by Gasteiger charge is 2.36. The number of thiazole rings is 2. The Kier molecular flexibility index (Phi) is 5.60. The SMILES string of the molecule is C=C(c1sc(-c2ccccc2)nc1C)N1CC(N2CCN(C(=O)c3nccs3)CC2)C1. The Labute approximate surface area is 190 Å². The zero-order chi connectivity index (χ0) is 21.4. The Morgan fingerprint density at radius 3 is 2.52 bits per heavy atom. The summed E-state index contributed by atoms with van der Waals surface area (Å²) in [6.45, 7) is 11.8. The number of aromatic nitrogens is 2. The first-order chi connectivity index (χ1) is 15.1. The topological polar surface area (TPSA) is 52.6 Å². The molecule has 6 nitrogen and oxygen atoms in total. The number of piperazine rings is 1. The Hall–Kier alpha value is -2.55. The Morgan fingerprint density at radius 1 is 1.10 bits per heavy atom. The second kappa shape index (κ2) is 8.53. The predicted octanol–water partition coefficient (Wildman–Crippen LogP) is 3.69. The van der Waals surface area contributed by atoms with Gasteiger partial charge in [-0.2, -0.15) is 0 Å². The summed E-state index contributed by atoms with van der Waals surface area (Å²) in [4.78, 5) is 29.4. The van der Waals surface area contributed by atoms with E-state index in [4.69, 9.17) is 4.98 Å². The molecule has 2 aliphatic heterocycles. The van der Waals surface area contributed by atoms with Crippen LogP contribution in [0.2, 0.25) is 0 Å². The zero-order valence-electron chi connectivity index (χ0n) is 17.5. The van der Waals surface area contributed by atoms with Gasteiger partial charge in [0.2, 0.25) is 0 Å². The van der Waals surface area contributed by atoms with Crippen molar-refractivity contribution in [3.63, 3.8) is 0 Å². The second-order valence-electron chi connectivity index (χ2n) is 7.97. The molecular formula is C23H25N5OS2. The molecule has 0 radical (unpaired) electrons. The molecule has 2 aliphatic rings. The molecule has 1 amide bonds. The largest absolute Gasteiger partial charge is 0.368 e. The lowest BCUT2D eigenvalue weighted by molar-refractivity contribution is 0.0283. The van der Waals surface area contributed by atoms with E-state index in [9.17, 15) is 4.79 Å². The van der Waals surface area contributed by atoms with Crippen LogP contribution in [-0.4, -0.2) is 75.9 Å². The molecular weight excluding hydrogens is 426 g/mol. The van der Waals surface area contributed by atoms with E-state index in [1.165, 1.54) is 16.2 Å². The number of aryl methyl sites for hydroxylation is 1. The number of hydrogen-bond donors (Lipinski definition) is 0. The summed E-state index contributed by atoms with van der Waals surface area (Å²) in [6.07, 6.45) is 1.69. The third-order valence-electron chi connectivity index (χ3n) is 6.06. The highest BCUT2D eigenvalue weighted by Crippen LogP contribution is 2.35. The second-order valence-corrected chi connectivity index (χ2v) is 9.86. The van der Waals surface area contributed by atoms with Crippen molar-refractivity contribution in [1.29, 1.82) is 0 Å². The standard InChI is InChI=1S/C23H25N5OS2/c1-16-20(31-21(25-16)18-6-4-3-5-7-18)17(2)28-14-19(15-28)26-9-11-27(12-10-26)23(29)22-24-8-13-30-22/h3-8,13,19H,2,9-12,14-15H2,1H3. The van der Waals surface area contributed by atoms with Crippen molar-refractivity contribution < 1.29 is 4.79 Å². The first kappa shape index (κ1) is 20.4. The molecule has 0 aliphatic carbocycles. The summed E-state index contributed by atoms with van der Waals surface area (Å²) >= 11 is 3.14. The normalized spacial score (nSPS) is 17.6. The van der Waals surface area contributed by atoms with Crippen LogP contribution in [0.1, 0.15) is 20.4 Å². The lowest BCUT2D eigenvalue weighted by Gasteiger charge is -2.49. The molecule has 160 valence electrons. The number of amides is 1. The molecule has 2 aromatic heterocycles. The summed E-state index contributed by atoms with van der Waals surface area (Å²) in [5, 5.41) is 3.49. The zero-order valence-corrected chi connectivity index (χ0v) is 19.2. The van der Waals surface area contributed by atoms with Crippen LogP contribution in [-0.2, 0) is 0 Å². The van der Waals surface area contributed by atoms with Crippen molar-refractivity contribution in [3.8, 4) is 10.6 Å². The van der Waals surface area contributed by atoms with Gasteiger partial charge in [0.05, 0.1) is 10.6 Å². The van der Waals surface area contributed by atoms with E-state index in [1.807, 2.05) is 28.5 Å². The van der Waals surface area contributed by atoms with Crippen LogP contribution in [0.4, 0.5) is 0 Å². The van der Waals surface area contributed by atoms with E-state index in [0.717, 1.165) is 61.2 Å². The number of carbonyl (C=O) groups is 1. The van der Waals surface area contributed by atoms with E-state index in [-0.39, 0.29) is 5.91 Å². The molecule has 0 saturated carbocycles. The van der Waals surface area contributed by atoms with Crippen LogP contribution >= 0.6 is 22.7 Å². The summed E-state index contributed by atoms with van der Waals surface area (Å²) in [5.41, 5.74) is 3.28. The molecule has 0 N–H and O–H groups in total. The fraction of sp³-hybridized carbons (Fsp3) is 0.348. The maximum atomic E-state index is 12.5. The Bertz CT molecular complexity index is 1060. The lowest BCUT2D eigenvalue weighted by atomic mass is 10.0. The summed E-state index contributed by atoms with van der Waals surface area (Å²) in [6, 6.07) is 10.8. The third kappa shape index (κ3) is 4.03. The molecule has 0 atom stereocenters. The summed E-state index contributed by atoms with van der Waals surface area (Å²) < 4.78 is 0. The van der Waals surface area contributed by atoms with Gasteiger partial charge in [0, 0.05) is 68.1 Å². The van der Waals surface area contributed by atoms with Crippen molar-refractivity contribution in [1.82, 2.24) is 24.7 Å². The smallest absolute Gasteiger partial charge is 0.282 e. The molecule has 1 aromatic carbocycles. The number of hydrogen-bond acceptors (Lipinski definition) is 7. The van der Waals surface area contributed by atoms with Gasteiger partial charge in [-0.3, -0.25) is 9.69 Å². The van der Waals surface area contributed by atoms with E-state index < -0.39 is 0 Å². The van der Waals surface area contributed by atoms with Gasteiger partial charge in [0.25, 0.3) is 5.91 Å². The van der Waals surface area contributed by atoms with Crippen molar-refractivity contribution in [2.75, 3.05) is 39.3 Å². The van der Waals surface area contributed by atoms with Crippen LogP contribution in [0.5, 0.6) is 0 Å². The Balaban J connectivity index is 1.15. The van der Waals surface area contributed by atoms with Crippen molar-refractivity contribution in [2.45, 2.75) is 13.0 Å². The quantitative estimate of drug-likeness (QED) is 0.592. The molecule has 0 unspecified atom stereocenters. The van der Waals surface area contributed by atoms with E-state index in [2.05, 4.69) is 40.4 Å². The first-order valence-corrected chi connectivity index (χ1v) is 12.2. The van der Waals surface area contributed by atoms with Gasteiger partial charge in [-0.15, -0.1) is 22.7 Å². The monoisotopic (exact) mass is 451 g/mol. The van der Waals surface area contributed by atoms with Gasteiger partial charge in [-0.05, 0) is 6.92 Å². The minimum Gasteiger partial charge on any atom is -0.368 e. The van der Waals surface area contributed by atoms with Crippen molar-refractivity contribution >= 4 is 34.3 Å². The van der Waals surface area contributed by atoms with Crippen molar-refractivity contribution in [2.24, 2.45) is 0 Å². The van der Waals surface area contributed by atoms with Crippen LogP contribution in [0, 0.1) is 6.92 Å². The Morgan fingerprint density at radius 2 is 1.84 bits per heavy atom. The number of nitrogens with zero attached hydrogens (tertiary/aromatic N) is 5. The average molecular weight is 452 g/mol. The summed E-state index contributed by atoms with van der Waals surface area (Å²) in [7, 11) is 0. The van der Waals surface area contributed by atoms with Gasteiger partial charge in [0.1, 0.15) is 5.01 Å². The molecule has 31 heavy (non-hydrogen) atoms. The minimum absolute atomic E-state index is 0.0631. The third-order valence-corrected chi connectivity index (χ3v) is 8.07. The van der Waals surface area contributed by atoms with Crippen LogP contribution in [0.3, 0.4) is 0 Å². The molecule has 2 fully saturated rings. The van der Waals surface area contributed by atoms with Crippen LogP contribution in [0.25, 0.3) is 16.3 Å². The van der Waals surface area contributed by atoms with E-state index >= 15 is 0 Å². The van der Waals surface area contributed by atoms with Gasteiger partial charge < -0.3 is 9.80 Å². The highest BCUT2D eigenvalue weighted by atomic mass is 32.1. The van der Waals surface area contributed by atoms with Gasteiger partial charge >= 0.3 is 0 Å². The van der Waals surface area contributed by atoms with Gasteiger partial charge in [-0.25, -0.2) is 9.97 Å². The van der Waals surface area contributed by atoms with Crippen LogP contribution < -0.4 is 0 Å². The highest BCUT2D eigenvalue weighted by molar-refractivity contribution is 7.16. The fourth-order valence-electron chi connectivity index (χ4n) is 4.17. The van der Waals surface area contributed by atoms with Crippen molar-refractivity contribution in [3.05, 3.63) is 64.1 Å².